The fourth-order valence-corrected chi connectivity index (χ4v) is 5.06. The van der Waals surface area contributed by atoms with E-state index in [9.17, 15) is 9.90 Å². The van der Waals surface area contributed by atoms with Crippen molar-refractivity contribution in [2.75, 3.05) is 6.61 Å². The molecule has 0 amide bonds. The smallest absolute Gasteiger partial charge is 0.337 e. The Morgan fingerprint density at radius 3 is 2.77 bits per heavy atom. The van der Waals surface area contributed by atoms with Crippen LogP contribution >= 0.6 is 11.3 Å². The van der Waals surface area contributed by atoms with Gasteiger partial charge < -0.3 is 14.6 Å². The summed E-state index contributed by atoms with van der Waals surface area (Å²) in [5.74, 6) is -0.133. The standard InChI is InChI=1S/C24H27NO4S/c1-13-12-17-20(16-8-6-10-18-15(16)9-7-11-28-18)19(14(2)25-22(17)30-13)21(23(26)27)29-24(3,4)5/h6,8,10,12,21H,7,9,11H2,1-5H3,(H,26,27). The van der Waals surface area contributed by atoms with Crippen molar-refractivity contribution in [2.45, 2.75) is 59.2 Å². The lowest BCUT2D eigenvalue weighted by Crippen LogP contribution is -2.28. The summed E-state index contributed by atoms with van der Waals surface area (Å²) in [6.07, 6.45) is 0.725. The number of ether oxygens (including phenoxy) is 2. The fraction of sp³-hybridized carbons (Fsp3) is 0.417. The summed E-state index contributed by atoms with van der Waals surface area (Å²) < 4.78 is 12.0. The minimum atomic E-state index is -1.11. The summed E-state index contributed by atoms with van der Waals surface area (Å²) >= 11 is 1.62. The molecule has 1 unspecified atom stereocenters. The Morgan fingerprint density at radius 1 is 1.30 bits per heavy atom. The molecule has 0 spiro atoms. The van der Waals surface area contributed by atoms with Crippen LogP contribution in [0.4, 0.5) is 0 Å². The third-order valence-electron chi connectivity index (χ3n) is 5.22. The zero-order valence-corrected chi connectivity index (χ0v) is 18.9. The second-order valence-corrected chi connectivity index (χ2v) is 9.98. The van der Waals surface area contributed by atoms with Crippen molar-refractivity contribution in [1.82, 2.24) is 4.98 Å². The Bertz CT molecular complexity index is 1130. The Morgan fingerprint density at radius 2 is 2.07 bits per heavy atom. The molecule has 3 heterocycles. The van der Waals surface area contributed by atoms with Gasteiger partial charge in [0.2, 0.25) is 0 Å². The first-order valence-corrected chi connectivity index (χ1v) is 11.0. The van der Waals surface area contributed by atoms with Crippen LogP contribution in [0, 0.1) is 13.8 Å². The number of carboxylic acid groups (broad SMARTS) is 1. The van der Waals surface area contributed by atoms with Crippen molar-refractivity contribution in [2.24, 2.45) is 0 Å². The van der Waals surface area contributed by atoms with Crippen molar-refractivity contribution < 1.29 is 19.4 Å². The van der Waals surface area contributed by atoms with Crippen LogP contribution in [0.5, 0.6) is 5.75 Å². The maximum absolute atomic E-state index is 12.4. The molecule has 0 aliphatic carbocycles. The van der Waals surface area contributed by atoms with E-state index in [2.05, 4.69) is 19.1 Å². The molecule has 4 rings (SSSR count). The molecular formula is C24H27NO4S. The van der Waals surface area contributed by atoms with E-state index < -0.39 is 17.7 Å². The number of thiophene rings is 1. The first-order chi connectivity index (χ1) is 14.2. The van der Waals surface area contributed by atoms with Crippen molar-refractivity contribution in [1.29, 1.82) is 0 Å². The Kier molecular flexibility index (Phi) is 5.32. The van der Waals surface area contributed by atoms with Gasteiger partial charge in [0.1, 0.15) is 10.6 Å². The fourth-order valence-electron chi connectivity index (χ4n) is 4.12. The average molecular weight is 426 g/mol. The van der Waals surface area contributed by atoms with Gasteiger partial charge in [-0.3, -0.25) is 0 Å². The molecule has 0 saturated heterocycles. The minimum Gasteiger partial charge on any atom is -0.493 e. The van der Waals surface area contributed by atoms with Gasteiger partial charge in [0.15, 0.2) is 6.10 Å². The number of benzene rings is 1. The molecule has 2 aromatic heterocycles. The van der Waals surface area contributed by atoms with Crippen LogP contribution in [0.25, 0.3) is 21.3 Å². The number of aryl methyl sites for hydroxylation is 2. The van der Waals surface area contributed by atoms with Gasteiger partial charge in [-0.2, -0.15) is 0 Å². The highest BCUT2D eigenvalue weighted by Gasteiger charge is 2.33. The summed E-state index contributed by atoms with van der Waals surface area (Å²) in [4.78, 5) is 19.2. The maximum Gasteiger partial charge on any atom is 0.337 e. The van der Waals surface area contributed by atoms with Crippen LogP contribution in [-0.4, -0.2) is 28.3 Å². The van der Waals surface area contributed by atoms with Gasteiger partial charge in [-0.25, -0.2) is 9.78 Å². The topological polar surface area (TPSA) is 68.7 Å². The quantitative estimate of drug-likeness (QED) is 0.568. The predicted octanol–water partition coefficient (Wildman–Crippen LogP) is 5.85. The molecule has 0 bridgehead atoms. The largest absolute Gasteiger partial charge is 0.493 e. The lowest BCUT2D eigenvalue weighted by molar-refractivity contribution is -0.160. The van der Waals surface area contributed by atoms with Crippen LogP contribution in [0.1, 0.15) is 55.0 Å². The van der Waals surface area contributed by atoms with Crippen LogP contribution in [0.3, 0.4) is 0 Å². The van der Waals surface area contributed by atoms with E-state index >= 15 is 0 Å². The number of carbonyl (C=O) groups is 1. The molecule has 6 heteroatoms. The van der Waals surface area contributed by atoms with E-state index in [1.54, 1.807) is 11.3 Å². The number of carboxylic acids is 1. The Labute approximate surface area is 180 Å². The monoisotopic (exact) mass is 425 g/mol. The van der Waals surface area contributed by atoms with Crippen LogP contribution in [0.2, 0.25) is 0 Å². The van der Waals surface area contributed by atoms with E-state index in [1.165, 1.54) is 0 Å². The molecule has 1 aliphatic rings. The van der Waals surface area contributed by atoms with Gasteiger partial charge in [-0.05, 0) is 65.2 Å². The number of pyridine rings is 1. The first-order valence-electron chi connectivity index (χ1n) is 10.2. The van der Waals surface area contributed by atoms with E-state index in [1.807, 2.05) is 39.8 Å². The maximum atomic E-state index is 12.4. The summed E-state index contributed by atoms with van der Waals surface area (Å²) in [5, 5.41) is 11.1. The Hall–Kier alpha value is -2.44. The number of rotatable bonds is 4. The molecule has 1 aliphatic heterocycles. The molecule has 3 aromatic rings. The lowest BCUT2D eigenvalue weighted by atomic mass is 9.87. The van der Waals surface area contributed by atoms with Crippen LogP contribution in [-0.2, 0) is 16.0 Å². The van der Waals surface area contributed by atoms with Crippen molar-refractivity contribution in [3.05, 3.63) is 46.0 Å². The third kappa shape index (κ3) is 3.82. The van der Waals surface area contributed by atoms with Crippen LogP contribution < -0.4 is 4.74 Å². The predicted molar refractivity (Wildman–Crippen MR) is 120 cm³/mol. The van der Waals surface area contributed by atoms with Crippen molar-refractivity contribution in [3.8, 4) is 16.9 Å². The zero-order valence-electron chi connectivity index (χ0n) is 18.0. The Balaban J connectivity index is 2.07. The van der Waals surface area contributed by atoms with E-state index in [-0.39, 0.29) is 0 Å². The minimum absolute atomic E-state index is 0.620. The third-order valence-corrected chi connectivity index (χ3v) is 6.17. The average Bonchev–Trinajstić information content (AvgIpc) is 3.03. The molecule has 0 fully saturated rings. The normalized spacial score (nSPS) is 15.0. The molecule has 0 saturated carbocycles. The highest BCUT2D eigenvalue weighted by molar-refractivity contribution is 7.18. The zero-order chi connectivity index (χ0) is 21.6. The molecular weight excluding hydrogens is 398 g/mol. The van der Waals surface area contributed by atoms with E-state index in [4.69, 9.17) is 14.5 Å². The number of hydrogen-bond acceptors (Lipinski definition) is 5. The number of fused-ring (bicyclic) bond motifs is 2. The SMILES string of the molecule is Cc1cc2c(-c3cccc4c3CCCO4)c(C(OC(C)(C)C)C(=O)O)c(C)nc2s1. The number of aliphatic carboxylic acids is 1. The van der Waals surface area contributed by atoms with Crippen LogP contribution in [0.15, 0.2) is 24.3 Å². The summed E-state index contributed by atoms with van der Waals surface area (Å²) in [6, 6.07) is 8.13. The first kappa shape index (κ1) is 20.8. The molecule has 5 nitrogen and oxygen atoms in total. The number of nitrogens with zero attached hydrogens (tertiary/aromatic N) is 1. The highest BCUT2D eigenvalue weighted by Crippen LogP contribution is 2.45. The molecule has 1 atom stereocenters. The van der Waals surface area contributed by atoms with Gasteiger partial charge in [-0.15, -0.1) is 11.3 Å². The van der Waals surface area contributed by atoms with Gasteiger partial charge in [-0.1, -0.05) is 12.1 Å². The molecule has 1 aromatic carbocycles. The second-order valence-electron chi connectivity index (χ2n) is 8.74. The lowest BCUT2D eigenvalue weighted by Gasteiger charge is -2.29. The summed E-state index contributed by atoms with van der Waals surface area (Å²) in [6.45, 7) is 10.2. The molecule has 1 N–H and O–H groups in total. The highest BCUT2D eigenvalue weighted by atomic mass is 32.1. The summed E-state index contributed by atoms with van der Waals surface area (Å²) in [7, 11) is 0. The summed E-state index contributed by atoms with van der Waals surface area (Å²) in [5.41, 5.74) is 3.73. The van der Waals surface area contributed by atoms with Gasteiger partial charge in [0.25, 0.3) is 0 Å². The van der Waals surface area contributed by atoms with Gasteiger partial charge in [0.05, 0.1) is 12.2 Å². The van der Waals surface area contributed by atoms with Gasteiger partial charge in [0, 0.05) is 32.6 Å². The number of aromatic nitrogens is 1. The van der Waals surface area contributed by atoms with Crippen molar-refractivity contribution >= 4 is 27.5 Å². The molecule has 30 heavy (non-hydrogen) atoms. The van der Waals surface area contributed by atoms with Gasteiger partial charge >= 0.3 is 5.97 Å². The molecule has 0 radical (unpaired) electrons. The van der Waals surface area contributed by atoms with E-state index in [0.717, 1.165) is 50.4 Å². The van der Waals surface area contributed by atoms with E-state index in [0.29, 0.717) is 17.9 Å². The number of hydrogen-bond donors (Lipinski definition) is 1. The van der Waals surface area contributed by atoms with Crippen molar-refractivity contribution in [3.63, 3.8) is 0 Å². The molecule has 158 valence electrons. The second kappa shape index (κ2) is 7.67.